The van der Waals surface area contributed by atoms with E-state index in [4.69, 9.17) is 4.74 Å². The summed E-state index contributed by atoms with van der Waals surface area (Å²) < 4.78 is 45.5. The molecule has 0 radical (unpaired) electrons. The quantitative estimate of drug-likeness (QED) is 0.352. The molecule has 4 aromatic rings. The number of aromatic nitrogens is 1. The lowest BCUT2D eigenvalue weighted by Gasteiger charge is -2.09. The number of rotatable bonds is 4. The van der Waals surface area contributed by atoms with Crippen LogP contribution in [0.25, 0.3) is 20.8 Å². The number of halogens is 3. The fourth-order valence-electron chi connectivity index (χ4n) is 2.78. The van der Waals surface area contributed by atoms with Crippen LogP contribution in [0.3, 0.4) is 0 Å². The Morgan fingerprint density at radius 2 is 1.73 bits per heavy atom. The van der Waals surface area contributed by atoms with E-state index < -0.39 is 17.5 Å². The number of hydrogen-bond acceptors (Lipinski definition) is 6. The van der Waals surface area contributed by atoms with Crippen molar-refractivity contribution in [1.29, 1.82) is 0 Å². The molecule has 0 saturated heterocycles. The second kappa shape index (κ2) is 7.75. The number of ether oxygens (including phenoxy) is 1. The second-order valence-corrected chi connectivity index (χ2v) is 7.33. The van der Waals surface area contributed by atoms with Gasteiger partial charge in [-0.25, -0.2) is 4.98 Å². The highest BCUT2D eigenvalue weighted by Gasteiger charge is 2.34. The van der Waals surface area contributed by atoms with E-state index in [0.29, 0.717) is 11.8 Å². The van der Waals surface area contributed by atoms with Gasteiger partial charge in [-0.05, 0) is 54.6 Å². The molecule has 4 rings (SSSR count). The lowest BCUT2D eigenvalue weighted by Crippen LogP contribution is -2.04. The first-order valence-electron chi connectivity index (χ1n) is 8.70. The number of benzene rings is 3. The zero-order valence-corrected chi connectivity index (χ0v) is 16.3. The van der Waals surface area contributed by atoms with Gasteiger partial charge in [-0.1, -0.05) is 0 Å². The Balaban J connectivity index is 1.59. The topological polar surface area (TPSA) is 67.1 Å². The first-order chi connectivity index (χ1) is 14.3. The van der Waals surface area contributed by atoms with Crippen LogP contribution in [0.4, 0.5) is 24.5 Å². The molecule has 0 aliphatic rings. The minimum atomic E-state index is -4.65. The Morgan fingerprint density at radius 3 is 2.43 bits per heavy atom. The third kappa shape index (κ3) is 4.11. The van der Waals surface area contributed by atoms with E-state index in [9.17, 15) is 18.3 Å². The largest absolute Gasteiger partial charge is 0.508 e. The van der Waals surface area contributed by atoms with Crippen LogP contribution >= 0.6 is 11.3 Å². The normalized spacial score (nSPS) is 12.0. The van der Waals surface area contributed by atoms with Crippen LogP contribution in [0.1, 0.15) is 5.56 Å². The van der Waals surface area contributed by atoms with E-state index >= 15 is 0 Å². The predicted molar refractivity (Wildman–Crippen MR) is 109 cm³/mol. The molecule has 9 heteroatoms. The van der Waals surface area contributed by atoms with Gasteiger partial charge in [0.05, 0.1) is 34.3 Å². The number of alkyl halides is 3. The molecule has 1 heterocycles. The van der Waals surface area contributed by atoms with Gasteiger partial charge in [-0.15, -0.1) is 16.5 Å². The van der Waals surface area contributed by atoms with Crippen LogP contribution in [0.2, 0.25) is 0 Å². The SMILES string of the molecule is COc1ccc2sc(-c3ccc(N=Nc4ccc(O)cc4C(F)(F)F)cc3)nc2c1. The highest BCUT2D eigenvalue weighted by atomic mass is 32.1. The fourth-order valence-corrected chi connectivity index (χ4v) is 3.73. The number of azo groups is 1. The lowest BCUT2D eigenvalue weighted by molar-refractivity contribution is -0.137. The van der Waals surface area contributed by atoms with Gasteiger partial charge in [0, 0.05) is 11.6 Å². The maximum atomic E-state index is 13.1. The van der Waals surface area contributed by atoms with Crippen molar-refractivity contribution in [1.82, 2.24) is 4.98 Å². The molecule has 0 unspecified atom stereocenters. The number of aromatic hydroxyl groups is 1. The smallest absolute Gasteiger partial charge is 0.418 e. The first kappa shape index (κ1) is 19.8. The summed E-state index contributed by atoms with van der Waals surface area (Å²) in [5.74, 6) is 0.238. The van der Waals surface area contributed by atoms with Gasteiger partial charge < -0.3 is 9.84 Å². The molecule has 0 bridgehead atoms. The second-order valence-electron chi connectivity index (χ2n) is 6.30. The van der Waals surface area contributed by atoms with Crippen molar-refractivity contribution >= 4 is 32.9 Å². The third-order valence-electron chi connectivity index (χ3n) is 4.27. The van der Waals surface area contributed by atoms with Gasteiger partial charge in [-0.3, -0.25) is 0 Å². The van der Waals surface area contributed by atoms with E-state index in [0.717, 1.165) is 38.7 Å². The molecular formula is C21H14F3N3O2S. The minimum Gasteiger partial charge on any atom is -0.508 e. The zero-order chi connectivity index (χ0) is 21.3. The molecule has 0 aliphatic heterocycles. The summed E-state index contributed by atoms with van der Waals surface area (Å²) in [6.07, 6.45) is -4.65. The van der Waals surface area contributed by atoms with Gasteiger partial charge in [-0.2, -0.15) is 18.3 Å². The number of thiazole rings is 1. The van der Waals surface area contributed by atoms with Gasteiger partial charge in [0.15, 0.2) is 0 Å². The molecule has 0 amide bonds. The Kier molecular flexibility index (Phi) is 5.13. The maximum absolute atomic E-state index is 13.1. The Labute approximate surface area is 173 Å². The van der Waals surface area contributed by atoms with Crippen LogP contribution in [0, 0.1) is 0 Å². The molecule has 0 saturated carbocycles. The average molecular weight is 429 g/mol. The summed E-state index contributed by atoms with van der Waals surface area (Å²) in [6, 6.07) is 15.4. The van der Waals surface area contributed by atoms with Gasteiger partial charge >= 0.3 is 6.18 Å². The number of methoxy groups -OCH3 is 1. The van der Waals surface area contributed by atoms with E-state index in [1.54, 1.807) is 31.4 Å². The maximum Gasteiger partial charge on any atom is 0.418 e. The van der Waals surface area contributed by atoms with Crippen molar-refractivity contribution in [3.05, 3.63) is 66.2 Å². The summed E-state index contributed by atoms with van der Waals surface area (Å²) in [7, 11) is 1.59. The molecule has 5 nitrogen and oxygen atoms in total. The number of hydrogen-bond donors (Lipinski definition) is 1. The highest BCUT2D eigenvalue weighted by Crippen LogP contribution is 2.39. The molecule has 0 atom stereocenters. The van der Waals surface area contributed by atoms with Crippen molar-refractivity contribution in [2.45, 2.75) is 6.18 Å². The van der Waals surface area contributed by atoms with E-state index in [-0.39, 0.29) is 5.69 Å². The van der Waals surface area contributed by atoms with Crippen molar-refractivity contribution in [3.63, 3.8) is 0 Å². The van der Waals surface area contributed by atoms with Gasteiger partial charge in [0.1, 0.15) is 16.5 Å². The van der Waals surface area contributed by atoms with E-state index in [1.807, 2.05) is 18.2 Å². The van der Waals surface area contributed by atoms with E-state index in [2.05, 4.69) is 15.2 Å². The van der Waals surface area contributed by atoms with Crippen LogP contribution in [-0.2, 0) is 6.18 Å². The molecule has 1 N–H and O–H groups in total. The molecule has 0 fully saturated rings. The highest BCUT2D eigenvalue weighted by molar-refractivity contribution is 7.21. The van der Waals surface area contributed by atoms with Gasteiger partial charge in [0.25, 0.3) is 0 Å². The first-order valence-corrected chi connectivity index (χ1v) is 9.52. The summed E-state index contributed by atoms with van der Waals surface area (Å²) in [5.41, 5.74) is 0.653. The molecule has 30 heavy (non-hydrogen) atoms. The van der Waals surface area contributed by atoms with E-state index in [1.165, 1.54) is 11.3 Å². The Morgan fingerprint density at radius 1 is 0.967 bits per heavy atom. The van der Waals surface area contributed by atoms with Crippen LogP contribution in [-0.4, -0.2) is 17.2 Å². The Bertz CT molecular complexity index is 1230. The number of phenols is 1. The molecule has 0 spiro atoms. The van der Waals surface area contributed by atoms with Crippen molar-refractivity contribution in [2.75, 3.05) is 7.11 Å². The molecule has 1 aromatic heterocycles. The molecule has 0 aliphatic carbocycles. The summed E-state index contributed by atoms with van der Waals surface area (Å²) >= 11 is 1.52. The molecule has 152 valence electrons. The van der Waals surface area contributed by atoms with Crippen molar-refractivity contribution in [3.8, 4) is 22.1 Å². The average Bonchev–Trinajstić information content (AvgIpc) is 3.15. The zero-order valence-electron chi connectivity index (χ0n) is 15.5. The van der Waals surface area contributed by atoms with Crippen molar-refractivity contribution in [2.24, 2.45) is 10.2 Å². The number of fused-ring (bicyclic) bond motifs is 1. The fraction of sp³-hybridized carbons (Fsp3) is 0.0952. The standard InChI is InChI=1S/C21H14F3N3O2S/c1-29-15-7-9-19-18(11-15)25-20(30-19)12-2-4-13(5-3-12)26-27-17-8-6-14(28)10-16(17)21(22,23)24/h2-11,28H,1H3. The Hall–Kier alpha value is -3.46. The number of phenolic OH excluding ortho intramolecular Hbond substituents is 1. The lowest BCUT2D eigenvalue weighted by atomic mass is 10.1. The van der Waals surface area contributed by atoms with Crippen molar-refractivity contribution < 1.29 is 23.0 Å². The monoisotopic (exact) mass is 429 g/mol. The predicted octanol–water partition coefficient (Wildman–Crippen LogP) is 7.11. The van der Waals surface area contributed by atoms with Crippen LogP contribution < -0.4 is 4.74 Å². The van der Waals surface area contributed by atoms with Crippen LogP contribution in [0.15, 0.2) is 70.9 Å². The molecule has 3 aromatic carbocycles. The number of nitrogens with zero attached hydrogens (tertiary/aromatic N) is 3. The third-order valence-corrected chi connectivity index (χ3v) is 5.35. The van der Waals surface area contributed by atoms with Crippen LogP contribution in [0.5, 0.6) is 11.5 Å². The minimum absolute atomic E-state index is 0.371. The molecular weight excluding hydrogens is 415 g/mol. The summed E-state index contributed by atoms with van der Waals surface area (Å²) in [5, 5.41) is 17.7. The van der Waals surface area contributed by atoms with Gasteiger partial charge in [0.2, 0.25) is 0 Å². The summed E-state index contributed by atoms with van der Waals surface area (Å²) in [6.45, 7) is 0. The summed E-state index contributed by atoms with van der Waals surface area (Å²) in [4.78, 5) is 4.60.